The lowest BCUT2D eigenvalue weighted by atomic mass is 10.1. The van der Waals surface area contributed by atoms with Gasteiger partial charge < -0.3 is 10.2 Å². The van der Waals surface area contributed by atoms with Crippen molar-refractivity contribution in [2.45, 2.75) is 51.1 Å². The predicted octanol–water partition coefficient (Wildman–Crippen LogP) is 2.77. The molecule has 2 amide bonds. The quantitative estimate of drug-likeness (QED) is 0.788. The Kier molecular flexibility index (Phi) is 6.07. The molecule has 2 aromatic rings. The standard InChI is InChI=1S/C22H26N2O4S/c1-15-4-6-18(7-5-15)14-23-22(26)10-11-29(27,28)20-8-9-21-19(13-20)12-16(2)24(21)17(3)25/h4-9,13,16H,10-12,14H2,1-3H3,(H,23,26). The van der Waals surface area contributed by atoms with Crippen LogP contribution in [0.5, 0.6) is 0 Å². The van der Waals surface area contributed by atoms with E-state index in [1.54, 1.807) is 17.0 Å². The lowest BCUT2D eigenvalue weighted by Crippen LogP contribution is -2.33. The van der Waals surface area contributed by atoms with E-state index < -0.39 is 9.84 Å². The van der Waals surface area contributed by atoms with Crippen LogP contribution in [0.15, 0.2) is 47.4 Å². The molecule has 0 saturated carbocycles. The van der Waals surface area contributed by atoms with Crippen LogP contribution < -0.4 is 10.2 Å². The molecular formula is C22H26N2O4S. The maximum absolute atomic E-state index is 12.7. The molecule has 1 aliphatic rings. The summed E-state index contributed by atoms with van der Waals surface area (Å²) in [5.41, 5.74) is 3.72. The molecule has 0 aliphatic carbocycles. The van der Waals surface area contributed by atoms with Gasteiger partial charge in [0.05, 0.1) is 10.6 Å². The van der Waals surface area contributed by atoms with Gasteiger partial charge in [-0.25, -0.2) is 8.42 Å². The Bertz CT molecular complexity index is 1030. The molecule has 1 heterocycles. The van der Waals surface area contributed by atoms with Gasteiger partial charge in [-0.3, -0.25) is 9.59 Å². The summed E-state index contributed by atoms with van der Waals surface area (Å²) in [5, 5.41) is 2.76. The number of anilines is 1. The number of hydrogen-bond donors (Lipinski definition) is 1. The topological polar surface area (TPSA) is 83.6 Å². The highest BCUT2D eigenvalue weighted by Gasteiger charge is 2.30. The number of sulfone groups is 1. The summed E-state index contributed by atoms with van der Waals surface area (Å²) < 4.78 is 25.4. The van der Waals surface area contributed by atoms with Crippen LogP contribution in [0.1, 0.15) is 37.0 Å². The molecule has 1 N–H and O–H groups in total. The van der Waals surface area contributed by atoms with Gasteiger partial charge in [-0.15, -0.1) is 0 Å². The molecule has 3 rings (SSSR count). The first-order chi connectivity index (χ1) is 13.7. The molecule has 0 radical (unpaired) electrons. The average Bonchev–Trinajstić information content (AvgIpc) is 3.01. The van der Waals surface area contributed by atoms with Gasteiger partial charge in [-0.2, -0.15) is 0 Å². The van der Waals surface area contributed by atoms with E-state index in [4.69, 9.17) is 0 Å². The van der Waals surface area contributed by atoms with Crippen LogP contribution in [0.3, 0.4) is 0 Å². The van der Waals surface area contributed by atoms with E-state index in [-0.39, 0.29) is 34.9 Å². The molecule has 2 aromatic carbocycles. The van der Waals surface area contributed by atoms with Crippen molar-refractivity contribution in [3.8, 4) is 0 Å². The van der Waals surface area contributed by atoms with Crippen LogP contribution in [0.25, 0.3) is 0 Å². The Morgan fingerprint density at radius 3 is 2.48 bits per heavy atom. The van der Waals surface area contributed by atoms with Crippen LogP contribution in [-0.4, -0.2) is 32.0 Å². The average molecular weight is 415 g/mol. The first kappa shape index (κ1) is 21.0. The van der Waals surface area contributed by atoms with E-state index in [9.17, 15) is 18.0 Å². The first-order valence-corrected chi connectivity index (χ1v) is 11.3. The lowest BCUT2D eigenvalue weighted by Gasteiger charge is -2.20. The minimum Gasteiger partial charge on any atom is -0.352 e. The van der Waals surface area contributed by atoms with Crippen molar-refractivity contribution in [3.63, 3.8) is 0 Å². The van der Waals surface area contributed by atoms with Crippen molar-refractivity contribution in [2.24, 2.45) is 0 Å². The van der Waals surface area contributed by atoms with Crippen LogP contribution >= 0.6 is 0 Å². The molecule has 0 spiro atoms. The highest BCUT2D eigenvalue weighted by molar-refractivity contribution is 7.91. The molecule has 6 nitrogen and oxygen atoms in total. The van der Waals surface area contributed by atoms with E-state index in [0.717, 1.165) is 22.4 Å². The Morgan fingerprint density at radius 2 is 1.83 bits per heavy atom. The highest BCUT2D eigenvalue weighted by atomic mass is 32.2. The first-order valence-electron chi connectivity index (χ1n) is 9.65. The Morgan fingerprint density at radius 1 is 1.14 bits per heavy atom. The minimum atomic E-state index is -3.58. The van der Waals surface area contributed by atoms with Crippen molar-refractivity contribution in [1.82, 2.24) is 5.32 Å². The number of amides is 2. The predicted molar refractivity (Wildman–Crippen MR) is 112 cm³/mol. The van der Waals surface area contributed by atoms with Crippen LogP contribution in [-0.2, 0) is 32.4 Å². The summed E-state index contributed by atoms with van der Waals surface area (Å²) in [6.07, 6.45) is 0.524. The second kappa shape index (κ2) is 8.37. The maximum atomic E-state index is 12.7. The van der Waals surface area contributed by atoms with Gasteiger partial charge in [0.1, 0.15) is 0 Å². The zero-order chi connectivity index (χ0) is 21.2. The van der Waals surface area contributed by atoms with E-state index in [1.807, 2.05) is 38.1 Å². The molecule has 0 saturated heterocycles. The number of rotatable bonds is 6. The van der Waals surface area contributed by atoms with Crippen molar-refractivity contribution < 1.29 is 18.0 Å². The molecule has 7 heteroatoms. The number of carbonyl (C=O) groups excluding carboxylic acids is 2. The fraction of sp³-hybridized carbons (Fsp3) is 0.364. The van der Waals surface area contributed by atoms with Crippen LogP contribution in [0.4, 0.5) is 5.69 Å². The normalized spacial score (nSPS) is 15.8. The molecule has 1 aliphatic heterocycles. The fourth-order valence-corrected chi connectivity index (χ4v) is 4.91. The summed E-state index contributed by atoms with van der Waals surface area (Å²) in [7, 11) is -3.58. The summed E-state index contributed by atoms with van der Waals surface area (Å²) >= 11 is 0. The number of nitrogens with zero attached hydrogens (tertiary/aromatic N) is 1. The molecule has 1 atom stereocenters. The number of fused-ring (bicyclic) bond motifs is 1. The molecule has 154 valence electrons. The molecule has 0 fully saturated rings. The molecule has 29 heavy (non-hydrogen) atoms. The third kappa shape index (κ3) is 4.85. The Balaban J connectivity index is 1.61. The smallest absolute Gasteiger partial charge is 0.224 e. The van der Waals surface area contributed by atoms with Crippen LogP contribution in [0.2, 0.25) is 0 Å². The van der Waals surface area contributed by atoms with Crippen molar-refractivity contribution in [2.75, 3.05) is 10.7 Å². The fourth-order valence-electron chi connectivity index (χ4n) is 3.62. The number of nitrogens with one attached hydrogen (secondary N) is 1. The molecule has 1 unspecified atom stereocenters. The van der Waals surface area contributed by atoms with Gasteiger partial charge in [-0.05, 0) is 49.6 Å². The van der Waals surface area contributed by atoms with Gasteiger partial charge in [0.25, 0.3) is 0 Å². The third-order valence-corrected chi connectivity index (χ3v) is 6.89. The van der Waals surface area contributed by atoms with E-state index in [0.29, 0.717) is 13.0 Å². The van der Waals surface area contributed by atoms with Gasteiger partial charge >= 0.3 is 0 Å². The number of benzene rings is 2. The van der Waals surface area contributed by atoms with Gasteiger partial charge in [0, 0.05) is 31.6 Å². The van der Waals surface area contributed by atoms with Crippen molar-refractivity contribution in [3.05, 3.63) is 59.2 Å². The minimum absolute atomic E-state index is 0.00741. The summed E-state index contributed by atoms with van der Waals surface area (Å²) in [5.74, 6) is -0.610. The zero-order valence-corrected chi connectivity index (χ0v) is 17.8. The number of aryl methyl sites for hydroxylation is 1. The summed E-state index contributed by atoms with van der Waals surface area (Å²) in [6.45, 7) is 5.81. The van der Waals surface area contributed by atoms with Gasteiger partial charge in [0.15, 0.2) is 9.84 Å². The number of carbonyl (C=O) groups is 2. The zero-order valence-electron chi connectivity index (χ0n) is 16.9. The van der Waals surface area contributed by atoms with Crippen LogP contribution in [0, 0.1) is 6.92 Å². The van der Waals surface area contributed by atoms with E-state index >= 15 is 0 Å². The van der Waals surface area contributed by atoms with Gasteiger partial charge in [-0.1, -0.05) is 29.8 Å². The second-order valence-corrected chi connectivity index (χ2v) is 9.67. The second-order valence-electron chi connectivity index (χ2n) is 7.56. The SMILES string of the molecule is CC(=O)N1c2ccc(S(=O)(=O)CCC(=O)NCc3ccc(C)cc3)cc2CC1C. The summed E-state index contributed by atoms with van der Waals surface area (Å²) in [4.78, 5) is 25.8. The lowest BCUT2D eigenvalue weighted by molar-refractivity contribution is -0.121. The van der Waals surface area contributed by atoms with E-state index in [2.05, 4.69) is 5.32 Å². The largest absolute Gasteiger partial charge is 0.352 e. The third-order valence-electron chi connectivity index (χ3n) is 5.17. The maximum Gasteiger partial charge on any atom is 0.224 e. The van der Waals surface area contributed by atoms with Crippen molar-refractivity contribution >= 4 is 27.3 Å². The Labute approximate surface area is 171 Å². The molecule has 0 aromatic heterocycles. The Hall–Kier alpha value is -2.67. The highest BCUT2D eigenvalue weighted by Crippen LogP contribution is 2.34. The molecule has 0 bridgehead atoms. The molecular weight excluding hydrogens is 388 g/mol. The van der Waals surface area contributed by atoms with Crippen molar-refractivity contribution in [1.29, 1.82) is 0 Å². The van der Waals surface area contributed by atoms with Gasteiger partial charge in [0.2, 0.25) is 11.8 Å². The monoisotopic (exact) mass is 414 g/mol. The van der Waals surface area contributed by atoms with E-state index in [1.165, 1.54) is 13.0 Å². The summed E-state index contributed by atoms with van der Waals surface area (Å²) in [6, 6.07) is 12.6. The number of hydrogen-bond acceptors (Lipinski definition) is 4.